The minimum atomic E-state index is -1.14. The van der Waals surface area contributed by atoms with Gasteiger partial charge in [0.1, 0.15) is 29.3 Å². The normalized spacial score (nSPS) is 19.6. The van der Waals surface area contributed by atoms with Crippen LogP contribution in [0.25, 0.3) is 10.9 Å². The zero-order valence-electron chi connectivity index (χ0n) is 20.2. The van der Waals surface area contributed by atoms with Gasteiger partial charge in [-0.3, -0.25) is 14.4 Å². The first-order valence-electron chi connectivity index (χ1n) is 12.1. The molecule has 1 unspecified atom stereocenters. The fourth-order valence-corrected chi connectivity index (χ4v) is 5.25. The van der Waals surface area contributed by atoms with Crippen molar-refractivity contribution in [3.63, 3.8) is 0 Å². The van der Waals surface area contributed by atoms with Gasteiger partial charge in [0.15, 0.2) is 0 Å². The molecule has 0 spiro atoms. The third kappa shape index (κ3) is 4.48. The quantitative estimate of drug-likeness (QED) is 0.477. The molecule has 3 amide bonds. The number of nitrogens with zero attached hydrogens (tertiary/aromatic N) is 2. The van der Waals surface area contributed by atoms with Crippen molar-refractivity contribution in [2.75, 3.05) is 20.2 Å². The van der Waals surface area contributed by atoms with Crippen LogP contribution in [0.15, 0.2) is 42.5 Å². The van der Waals surface area contributed by atoms with E-state index in [2.05, 4.69) is 21.7 Å². The van der Waals surface area contributed by atoms with Crippen LogP contribution in [-0.2, 0) is 16.0 Å². The average Bonchev–Trinajstić information content (AvgIpc) is 3.53. The Balaban J connectivity index is 1.47. The van der Waals surface area contributed by atoms with Crippen LogP contribution in [0.4, 0.5) is 4.39 Å². The zero-order chi connectivity index (χ0) is 26.1. The van der Waals surface area contributed by atoms with Gasteiger partial charge in [-0.05, 0) is 54.7 Å². The van der Waals surface area contributed by atoms with Crippen LogP contribution in [0.1, 0.15) is 40.5 Å². The Bertz CT molecular complexity index is 1430. The van der Waals surface area contributed by atoms with Crippen molar-refractivity contribution < 1.29 is 23.5 Å². The van der Waals surface area contributed by atoms with Crippen LogP contribution < -0.4 is 15.4 Å². The van der Waals surface area contributed by atoms with E-state index in [1.54, 1.807) is 31.4 Å². The molecule has 5 rings (SSSR count). The van der Waals surface area contributed by atoms with E-state index in [0.29, 0.717) is 35.4 Å². The maximum Gasteiger partial charge on any atom is 0.271 e. The van der Waals surface area contributed by atoms with E-state index in [1.165, 1.54) is 17.0 Å². The number of nitriles is 1. The summed E-state index contributed by atoms with van der Waals surface area (Å²) in [7, 11) is 1.54. The first-order chi connectivity index (χ1) is 17.9. The fourth-order valence-electron chi connectivity index (χ4n) is 5.25. The number of amides is 3. The SMILES string of the molecule is COc1cccc2[nH]c(C(=O)N3CCc4c(F)cccc4C3C(=O)N[C@H](C#N)C[C@@H]3CCNC3=O)cc12. The van der Waals surface area contributed by atoms with Gasteiger partial charge in [-0.15, -0.1) is 0 Å². The van der Waals surface area contributed by atoms with Crippen molar-refractivity contribution in [1.82, 2.24) is 20.5 Å². The molecule has 10 heteroatoms. The smallest absolute Gasteiger partial charge is 0.271 e. The van der Waals surface area contributed by atoms with Crippen molar-refractivity contribution in [3.05, 3.63) is 65.1 Å². The molecule has 1 saturated heterocycles. The summed E-state index contributed by atoms with van der Waals surface area (Å²) in [4.78, 5) is 43.8. The molecule has 37 heavy (non-hydrogen) atoms. The van der Waals surface area contributed by atoms with E-state index < -0.39 is 29.7 Å². The molecular formula is C27H26FN5O4. The number of nitrogens with one attached hydrogen (secondary N) is 3. The minimum Gasteiger partial charge on any atom is -0.496 e. The third-order valence-corrected chi connectivity index (χ3v) is 7.10. The molecule has 0 radical (unpaired) electrons. The van der Waals surface area contributed by atoms with Gasteiger partial charge in [-0.25, -0.2) is 4.39 Å². The summed E-state index contributed by atoms with van der Waals surface area (Å²) in [5.74, 6) is -1.40. The minimum absolute atomic E-state index is 0.111. The summed E-state index contributed by atoms with van der Waals surface area (Å²) < 4.78 is 20.1. The highest BCUT2D eigenvalue weighted by Crippen LogP contribution is 2.34. The molecule has 1 aromatic heterocycles. The van der Waals surface area contributed by atoms with Crippen molar-refractivity contribution in [3.8, 4) is 11.8 Å². The first kappa shape index (κ1) is 24.3. The molecule has 3 aromatic rings. The van der Waals surface area contributed by atoms with E-state index >= 15 is 0 Å². The molecule has 2 aliphatic rings. The number of H-pyrrole nitrogens is 1. The first-order valence-corrected chi connectivity index (χ1v) is 12.1. The summed E-state index contributed by atoms with van der Waals surface area (Å²) in [5.41, 5.74) is 1.71. The van der Waals surface area contributed by atoms with E-state index in [1.807, 2.05) is 6.07 Å². The second-order valence-corrected chi connectivity index (χ2v) is 9.27. The van der Waals surface area contributed by atoms with E-state index in [-0.39, 0.29) is 36.9 Å². The predicted octanol–water partition coefficient (Wildman–Crippen LogP) is 2.59. The lowest BCUT2D eigenvalue weighted by molar-refractivity contribution is -0.127. The molecular weight excluding hydrogens is 477 g/mol. The number of carbonyl (C=O) groups is 3. The average molecular weight is 504 g/mol. The molecule has 190 valence electrons. The third-order valence-electron chi connectivity index (χ3n) is 7.10. The lowest BCUT2D eigenvalue weighted by Gasteiger charge is -2.36. The van der Waals surface area contributed by atoms with E-state index in [4.69, 9.17) is 4.74 Å². The van der Waals surface area contributed by atoms with Gasteiger partial charge in [-0.1, -0.05) is 18.2 Å². The van der Waals surface area contributed by atoms with E-state index in [0.717, 1.165) is 5.39 Å². The van der Waals surface area contributed by atoms with E-state index in [9.17, 15) is 24.0 Å². The number of aromatic amines is 1. The summed E-state index contributed by atoms with van der Waals surface area (Å²) in [6.45, 7) is 0.641. The van der Waals surface area contributed by atoms with Crippen molar-refractivity contribution in [1.29, 1.82) is 5.26 Å². The Kier molecular flexibility index (Phi) is 6.53. The second kappa shape index (κ2) is 9.93. The molecule has 9 nitrogen and oxygen atoms in total. The molecule has 2 aromatic carbocycles. The molecule has 3 atom stereocenters. The standard InChI is InChI=1S/C27H26FN5O4/c1-37-23-7-3-6-21-19(23)13-22(32-21)27(36)33-11-9-17-18(4-2-5-20(17)28)24(33)26(35)31-16(14-29)12-15-8-10-30-25(15)34/h2-7,13,15-16,24,32H,8-12H2,1H3,(H,30,34)(H,31,35)/t15-,16-,24?/m0/s1. The van der Waals surface area contributed by atoms with Gasteiger partial charge >= 0.3 is 0 Å². The number of rotatable bonds is 6. The molecule has 0 bridgehead atoms. The number of carbonyl (C=O) groups excluding carboxylic acids is 3. The molecule has 2 aliphatic heterocycles. The highest BCUT2D eigenvalue weighted by molar-refractivity contribution is 6.02. The molecule has 0 saturated carbocycles. The predicted molar refractivity (Wildman–Crippen MR) is 132 cm³/mol. The topological polar surface area (TPSA) is 127 Å². The Labute approximate surface area is 212 Å². The van der Waals surface area contributed by atoms with Gasteiger partial charge < -0.3 is 25.3 Å². The molecule has 1 fully saturated rings. The molecule has 0 aliphatic carbocycles. The zero-order valence-corrected chi connectivity index (χ0v) is 20.2. The number of hydrogen-bond donors (Lipinski definition) is 3. The van der Waals surface area contributed by atoms with Gasteiger partial charge in [0.25, 0.3) is 5.91 Å². The molecule has 3 heterocycles. The highest BCUT2D eigenvalue weighted by atomic mass is 19.1. The summed E-state index contributed by atoms with van der Waals surface area (Å²) in [6.07, 6.45) is 0.983. The lowest BCUT2D eigenvalue weighted by Crippen LogP contribution is -2.49. The van der Waals surface area contributed by atoms with Crippen LogP contribution in [0, 0.1) is 23.1 Å². The number of fused-ring (bicyclic) bond motifs is 2. The Morgan fingerprint density at radius 2 is 2.11 bits per heavy atom. The monoisotopic (exact) mass is 503 g/mol. The maximum atomic E-state index is 14.7. The maximum absolute atomic E-state index is 14.7. The summed E-state index contributed by atoms with van der Waals surface area (Å²) in [6, 6.07) is 11.5. The number of halogens is 1. The van der Waals surface area contributed by atoms with Crippen LogP contribution in [0.2, 0.25) is 0 Å². The lowest BCUT2D eigenvalue weighted by atomic mass is 9.90. The van der Waals surface area contributed by atoms with Gasteiger partial charge in [0.2, 0.25) is 11.8 Å². The van der Waals surface area contributed by atoms with Crippen molar-refractivity contribution in [2.24, 2.45) is 5.92 Å². The Morgan fingerprint density at radius 1 is 1.30 bits per heavy atom. The Morgan fingerprint density at radius 3 is 2.84 bits per heavy atom. The number of methoxy groups -OCH3 is 1. The number of hydrogen-bond acceptors (Lipinski definition) is 5. The molecule has 3 N–H and O–H groups in total. The van der Waals surface area contributed by atoms with Crippen molar-refractivity contribution in [2.45, 2.75) is 31.3 Å². The fraction of sp³-hybridized carbons (Fsp3) is 0.333. The van der Waals surface area contributed by atoms with Crippen LogP contribution in [0.5, 0.6) is 5.75 Å². The van der Waals surface area contributed by atoms with Crippen LogP contribution in [-0.4, -0.2) is 53.8 Å². The Hall–Kier alpha value is -4.39. The van der Waals surface area contributed by atoms with Crippen LogP contribution in [0.3, 0.4) is 0 Å². The van der Waals surface area contributed by atoms with Gasteiger partial charge in [0, 0.05) is 29.9 Å². The summed E-state index contributed by atoms with van der Waals surface area (Å²) >= 11 is 0. The van der Waals surface area contributed by atoms with Gasteiger partial charge in [0.05, 0.1) is 13.2 Å². The summed E-state index contributed by atoms with van der Waals surface area (Å²) in [5, 5.41) is 15.8. The number of aromatic nitrogens is 1. The van der Waals surface area contributed by atoms with Crippen molar-refractivity contribution >= 4 is 28.6 Å². The number of benzene rings is 2. The van der Waals surface area contributed by atoms with Crippen LogP contribution >= 0.6 is 0 Å². The largest absolute Gasteiger partial charge is 0.496 e. The second-order valence-electron chi connectivity index (χ2n) is 9.27. The number of ether oxygens (including phenoxy) is 1. The van der Waals surface area contributed by atoms with Gasteiger partial charge in [-0.2, -0.15) is 5.26 Å². The highest BCUT2D eigenvalue weighted by Gasteiger charge is 2.39.